The van der Waals surface area contributed by atoms with E-state index in [0.717, 1.165) is 42.7 Å². The van der Waals surface area contributed by atoms with Crippen molar-refractivity contribution in [2.24, 2.45) is 0 Å². The van der Waals surface area contributed by atoms with Crippen LogP contribution in [0, 0.1) is 13.8 Å². The van der Waals surface area contributed by atoms with Crippen molar-refractivity contribution in [2.45, 2.75) is 26.5 Å². The molecule has 0 saturated carbocycles. The first-order valence-electron chi connectivity index (χ1n) is 7.42. The molecule has 0 radical (unpaired) electrons. The topological polar surface area (TPSA) is 76.3 Å². The second-order valence-corrected chi connectivity index (χ2v) is 5.43. The quantitative estimate of drug-likeness (QED) is 0.921. The number of hydrogen-bond acceptors (Lipinski definition) is 7. The number of aromatic nitrogens is 3. The van der Waals surface area contributed by atoms with Crippen LogP contribution in [0.5, 0.6) is 0 Å². The van der Waals surface area contributed by atoms with Crippen LogP contribution in [0.25, 0.3) is 0 Å². The molecule has 1 atom stereocenters. The number of morpholine rings is 1. The highest BCUT2D eigenvalue weighted by Gasteiger charge is 2.24. The molecule has 1 aliphatic heterocycles. The van der Waals surface area contributed by atoms with Gasteiger partial charge in [0, 0.05) is 39.7 Å². The van der Waals surface area contributed by atoms with Crippen molar-refractivity contribution in [3.63, 3.8) is 0 Å². The SMILES string of the molecule is CNc1cc([C@H]2CN(Cc3coc(C)n3)CCO2)nc(C)n1. The number of anilines is 1. The molecule has 1 saturated heterocycles. The molecular weight excluding hydrogens is 282 g/mol. The predicted molar refractivity (Wildman–Crippen MR) is 81.5 cm³/mol. The van der Waals surface area contributed by atoms with Gasteiger partial charge in [-0.2, -0.15) is 0 Å². The van der Waals surface area contributed by atoms with E-state index in [1.807, 2.05) is 27.0 Å². The molecule has 1 aliphatic rings. The minimum absolute atomic E-state index is 0.0458. The Balaban J connectivity index is 1.71. The zero-order chi connectivity index (χ0) is 15.5. The Kier molecular flexibility index (Phi) is 4.35. The average Bonchev–Trinajstić information content (AvgIpc) is 2.92. The van der Waals surface area contributed by atoms with Crippen molar-refractivity contribution >= 4 is 5.82 Å². The molecule has 7 heteroatoms. The van der Waals surface area contributed by atoms with Crippen molar-refractivity contribution in [2.75, 3.05) is 32.1 Å². The molecule has 0 aliphatic carbocycles. The normalized spacial score (nSPS) is 19.3. The standard InChI is InChI=1S/C15H21N5O2/c1-10-17-13(6-15(16-3)18-10)14-8-20(4-5-21-14)7-12-9-22-11(2)19-12/h6,9,14H,4-5,7-8H2,1-3H3,(H,16,17,18)/t14-/m1/s1. The first kappa shape index (κ1) is 14.9. The lowest BCUT2D eigenvalue weighted by atomic mass is 10.2. The monoisotopic (exact) mass is 303 g/mol. The minimum atomic E-state index is -0.0458. The molecule has 0 amide bonds. The molecule has 0 aromatic carbocycles. The van der Waals surface area contributed by atoms with Crippen molar-refractivity contribution in [3.05, 3.63) is 35.4 Å². The molecule has 3 rings (SSSR count). The van der Waals surface area contributed by atoms with Crippen molar-refractivity contribution in [1.29, 1.82) is 0 Å². The molecule has 2 aromatic rings. The second-order valence-electron chi connectivity index (χ2n) is 5.43. The predicted octanol–water partition coefficient (Wildman–Crippen LogP) is 1.70. The fourth-order valence-electron chi connectivity index (χ4n) is 2.62. The number of aryl methyl sites for hydroxylation is 2. The van der Waals surface area contributed by atoms with E-state index >= 15 is 0 Å². The lowest BCUT2D eigenvalue weighted by molar-refractivity contribution is -0.0354. The Morgan fingerprint density at radius 1 is 1.32 bits per heavy atom. The summed E-state index contributed by atoms with van der Waals surface area (Å²) in [4.78, 5) is 15.5. The summed E-state index contributed by atoms with van der Waals surface area (Å²) in [5.41, 5.74) is 1.87. The molecule has 3 heterocycles. The first-order chi connectivity index (χ1) is 10.6. The summed E-state index contributed by atoms with van der Waals surface area (Å²) in [5, 5.41) is 3.06. The van der Waals surface area contributed by atoms with E-state index in [1.54, 1.807) is 6.26 Å². The fraction of sp³-hybridized carbons (Fsp3) is 0.533. The van der Waals surface area contributed by atoms with Gasteiger partial charge in [-0.15, -0.1) is 0 Å². The van der Waals surface area contributed by atoms with Crippen LogP contribution in [0.1, 0.15) is 29.2 Å². The van der Waals surface area contributed by atoms with E-state index < -0.39 is 0 Å². The van der Waals surface area contributed by atoms with Crippen molar-refractivity contribution in [1.82, 2.24) is 19.9 Å². The lowest BCUT2D eigenvalue weighted by Crippen LogP contribution is -2.38. The van der Waals surface area contributed by atoms with Gasteiger partial charge in [-0.3, -0.25) is 4.90 Å². The third-order valence-electron chi connectivity index (χ3n) is 3.65. The maximum Gasteiger partial charge on any atom is 0.191 e. The smallest absolute Gasteiger partial charge is 0.191 e. The Morgan fingerprint density at radius 3 is 2.91 bits per heavy atom. The summed E-state index contributed by atoms with van der Waals surface area (Å²) in [6, 6.07) is 1.95. The Bertz CT molecular complexity index is 643. The Hall–Kier alpha value is -1.99. The third-order valence-corrected chi connectivity index (χ3v) is 3.65. The molecule has 118 valence electrons. The maximum absolute atomic E-state index is 5.89. The van der Waals surface area contributed by atoms with Crippen LogP contribution in [-0.2, 0) is 11.3 Å². The van der Waals surface area contributed by atoms with Gasteiger partial charge in [0.2, 0.25) is 0 Å². The van der Waals surface area contributed by atoms with E-state index in [-0.39, 0.29) is 6.10 Å². The molecule has 1 N–H and O–H groups in total. The van der Waals surface area contributed by atoms with Gasteiger partial charge in [0.15, 0.2) is 5.89 Å². The van der Waals surface area contributed by atoms with Crippen LogP contribution in [0.3, 0.4) is 0 Å². The van der Waals surface area contributed by atoms with E-state index in [2.05, 4.69) is 25.2 Å². The summed E-state index contributed by atoms with van der Waals surface area (Å²) in [5.74, 6) is 2.26. The van der Waals surface area contributed by atoms with Gasteiger partial charge in [0.25, 0.3) is 0 Å². The van der Waals surface area contributed by atoms with Crippen molar-refractivity contribution < 1.29 is 9.15 Å². The van der Waals surface area contributed by atoms with Crippen LogP contribution in [0.2, 0.25) is 0 Å². The van der Waals surface area contributed by atoms with E-state index in [0.29, 0.717) is 12.5 Å². The molecule has 0 bridgehead atoms. The highest BCUT2D eigenvalue weighted by molar-refractivity contribution is 5.35. The van der Waals surface area contributed by atoms with Crippen LogP contribution in [0.15, 0.2) is 16.7 Å². The van der Waals surface area contributed by atoms with Crippen molar-refractivity contribution in [3.8, 4) is 0 Å². The summed E-state index contributed by atoms with van der Waals surface area (Å²) >= 11 is 0. The van der Waals surface area contributed by atoms with Crippen LogP contribution in [0.4, 0.5) is 5.82 Å². The van der Waals surface area contributed by atoms with Gasteiger partial charge in [-0.25, -0.2) is 15.0 Å². The number of nitrogens with zero attached hydrogens (tertiary/aromatic N) is 4. The van der Waals surface area contributed by atoms with E-state index in [4.69, 9.17) is 9.15 Å². The van der Waals surface area contributed by atoms with E-state index in [1.165, 1.54) is 0 Å². The van der Waals surface area contributed by atoms with Gasteiger partial charge >= 0.3 is 0 Å². The minimum Gasteiger partial charge on any atom is -0.449 e. The summed E-state index contributed by atoms with van der Waals surface area (Å²) < 4.78 is 11.2. The van der Waals surface area contributed by atoms with E-state index in [9.17, 15) is 0 Å². The lowest BCUT2D eigenvalue weighted by Gasteiger charge is -2.32. The molecule has 7 nitrogen and oxygen atoms in total. The molecule has 1 fully saturated rings. The number of nitrogens with one attached hydrogen (secondary N) is 1. The van der Waals surface area contributed by atoms with Crippen LogP contribution >= 0.6 is 0 Å². The number of ether oxygens (including phenoxy) is 1. The van der Waals surface area contributed by atoms with Crippen LogP contribution < -0.4 is 5.32 Å². The summed E-state index contributed by atoms with van der Waals surface area (Å²) in [7, 11) is 1.85. The molecule has 2 aromatic heterocycles. The van der Waals surface area contributed by atoms with Gasteiger partial charge < -0.3 is 14.5 Å². The van der Waals surface area contributed by atoms with Gasteiger partial charge in [0.05, 0.1) is 18.0 Å². The van der Waals surface area contributed by atoms with Crippen LogP contribution in [-0.4, -0.2) is 46.6 Å². The zero-order valence-corrected chi connectivity index (χ0v) is 13.2. The maximum atomic E-state index is 5.89. The first-order valence-corrected chi connectivity index (χ1v) is 7.42. The molecule has 0 spiro atoms. The van der Waals surface area contributed by atoms with Gasteiger partial charge in [-0.1, -0.05) is 0 Å². The summed E-state index contributed by atoms with van der Waals surface area (Å²) in [6.07, 6.45) is 1.67. The Morgan fingerprint density at radius 2 is 2.18 bits per heavy atom. The number of rotatable bonds is 4. The largest absolute Gasteiger partial charge is 0.449 e. The zero-order valence-electron chi connectivity index (χ0n) is 13.2. The van der Waals surface area contributed by atoms with Gasteiger partial charge in [-0.05, 0) is 6.92 Å². The molecular formula is C15H21N5O2. The second kappa shape index (κ2) is 6.41. The summed E-state index contributed by atoms with van der Waals surface area (Å²) in [6.45, 7) is 6.86. The highest BCUT2D eigenvalue weighted by Crippen LogP contribution is 2.23. The average molecular weight is 303 g/mol. The fourth-order valence-corrected chi connectivity index (χ4v) is 2.62. The number of oxazole rings is 1. The molecule has 22 heavy (non-hydrogen) atoms. The Labute approximate surface area is 129 Å². The number of hydrogen-bond donors (Lipinski definition) is 1. The third kappa shape index (κ3) is 3.42. The highest BCUT2D eigenvalue weighted by atomic mass is 16.5. The molecule has 0 unspecified atom stereocenters. The van der Waals surface area contributed by atoms with Gasteiger partial charge in [0.1, 0.15) is 24.0 Å².